The summed E-state index contributed by atoms with van der Waals surface area (Å²) in [5, 5.41) is 9.48. The summed E-state index contributed by atoms with van der Waals surface area (Å²) in [7, 11) is 1.89. The maximum Gasteiger partial charge on any atom is 0.178 e. The topological polar surface area (TPSA) is 63.8 Å². The van der Waals surface area contributed by atoms with Gasteiger partial charge in [-0.1, -0.05) is 0 Å². The van der Waals surface area contributed by atoms with Crippen molar-refractivity contribution in [2.24, 2.45) is 7.05 Å². The van der Waals surface area contributed by atoms with Gasteiger partial charge in [0.15, 0.2) is 5.82 Å². The second kappa shape index (κ2) is 4.02. The first-order valence-electron chi connectivity index (χ1n) is 5.08. The van der Waals surface area contributed by atoms with Crippen LogP contribution in [0.2, 0.25) is 0 Å². The van der Waals surface area contributed by atoms with E-state index in [2.05, 4.69) is 15.0 Å². The molecule has 84 valence electrons. The number of nitrogens with zero attached hydrogens (tertiary/aromatic N) is 4. The Labute approximate surface area is 93.8 Å². The zero-order valence-electron chi connectivity index (χ0n) is 9.55. The first kappa shape index (κ1) is 10.8. The van der Waals surface area contributed by atoms with Gasteiger partial charge < -0.3 is 9.67 Å². The number of rotatable bonds is 2. The van der Waals surface area contributed by atoms with Crippen molar-refractivity contribution >= 4 is 0 Å². The van der Waals surface area contributed by atoms with E-state index in [9.17, 15) is 5.11 Å². The summed E-state index contributed by atoms with van der Waals surface area (Å²) in [5.74, 6) is 0.627. The fourth-order valence-corrected chi connectivity index (χ4v) is 1.58. The van der Waals surface area contributed by atoms with Gasteiger partial charge in [0, 0.05) is 24.5 Å². The molecule has 1 N–H and O–H groups in total. The predicted molar refractivity (Wildman–Crippen MR) is 59.6 cm³/mol. The normalized spacial score (nSPS) is 12.8. The number of imidazole rings is 1. The van der Waals surface area contributed by atoms with Gasteiger partial charge in [-0.05, 0) is 13.8 Å². The molecule has 1 unspecified atom stereocenters. The summed E-state index contributed by atoms with van der Waals surface area (Å²) in [6.07, 6.45) is 4.54. The molecule has 0 aliphatic rings. The van der Waals surface area contributed by atoms with E-state index in [1.165, 1.54) is 0 Å². The van der Waals surface area contributed by atoms with Crippen LogP contribution in [0.3, 0.4) is 0 Å². The molecule has 2 aromatic heterocycles. The van der Waals surface area contributed by atoms with E-state index in [0.29, 0.717) is 5.82 Å². The maximum absolute atomic E-state index is 9.48. The van der Waals surface area contributed by atoms with Crippen molar-refractivity contribution in [1.29, 1.82) is 0 Å². The molecular weight excluding hydrogens is 204 g/mol. The summed E-state index contributed by atoms with van der Waals surface area (Å²) in [6, 6.07) is 0. The third-order valence-corrected chi connectivity index (χ3v) is 2.51. The SMILES string of the molecule is Cc1nc(-c2cncn2C)ncc1C(C)O. The predicted octanol–water partition coefficient (Wildman–Crippen LogP) is 1.24. The van der Waals surface area contributed by atoms with E-state index >= 15 is 0 Å². The van der Waals surface area contributed by atoms with E-state index in [0.717, 1.165) is 17.0 Å². The molecule has 0 radical (unpaired) electrons. The highest BCUT2D eigenvalue weighted by atomic mass is 16.3. The Bertz CT molecular complexity index is 504. The van der Waals surface area contributed by atoms with E-state index in [4.69, 9.17) is 0 Å². The van der Waals surface area contributed by atoms with Crippen LogP contribution in [0.1, 0.15) is 24.3 Å². The largest absolute Gasteiger partial charge is 0.389 e. The van der Waals surface area contributed by atoms with Crippen LogP contribution in [0, 0.1) is 6.92 Å². The van der Waals surface area contributed by atoms with Crippen LogP contribution in [0.25, 0.3) is 11.5 Å². The Morgan fingerprint density at radius 1 is 1.38 bits per heavy atom. The Morgan fingerprint density at radius 3 is 2.62 bits per heavy atom. The number of aliphatic hydroxyl groups excluding tert-OH is 1. The molecule has 0 aromatic carbocycles. The molecule has 2 rings (SSSR count). The van der Waals surface area contributed by atoms with Gasteiger partial charge in [0.2, 0.25) is 0 Å². The summed E-state index contributed by atoms with van der Waals surface area (Å²) < 4.78 is 1.86. The van der Waals surface area contributed by atoms with Gasteiger partial charge in [0.1, 0.15) is 5.69 Å². The van der Waals surface area contributed by atoms with Crippen molar-refractivity contribution in [1.82, 2.24) is 19.5 Å². The lowest BCUT2D eigenvalue weighted by molar-refractivity contribution is 0.197. The lowest BCUT2D eigenvalue weighted by Crippen LogP contribution is -2.02. The summed E-state index contributed by atoms with van der Waals surface area (Å²) in [6.45, 7) is 3.57. The Kier molecular flexibility index (Phi) is 2.70. The number of aliphatic hydroxyl groups is 1. The molecule has 2 aromatic rings. The molecule has 0 saturated heterocycles. The summed E-state index contributed by atoms with van der Waals surface area (Å²) in [5.41, 5.74) is 2.41. The minimum absolute atomic E-state index is 0.541. The Balaban J connectivity index is 2.46. The first-order chi connectivity index (χ1) is 7.59. The van der Waals surface area contributed by atoms with Crippen molar-refractivity contribution in [3.63, 3.8) is 0 Å². The average molecular weight is 218 g/mol. The zero-order chi connectivity index (χ0) is 11.7. The van der Waals surface area contributed by atoms with Gasteiger partial charge in [0.25, 0.3) is 0 Å². The van der Waals surface area contributed by atoms with Crippen LogP contribution >= 0.6 is 0 Å². The third kappa shape index (κ3) is 1.81. The molecule has 0 fully saturated rings. The van der Waals surface area contributed by atoms with Gasteiger partial charge in [-0.2, -0.15) is 0 Å². The minimum atomic E-state index is -0.541. The molecule has 0 aliphatic carbocycles. The van der Waals surface area contributed by atoms with Crippen molar-refractivity contribution in [2.45, 2.75) is 20.0 Å². The quantitative estimate of drug-likeness (QED) is 0.823. The van der Waals surface area contributed by atoms with Crippen LogP contribution in [0.5, 0.6) is 0 Å². The standard InChI is InChI=1S/C11H14N4O/c1-7-9(8(2)16)4-13-11(14-7)10-5-12-6-15(10)3/h4-6,8,16H,1-3H3. The third-order valence-electron chi connectivity index (χ3n) is 2.51. The van der Waals surface area contributed by atoms with Crippen LogP contribution in [-0.2, 0) is 7.05 Å². The second-order valence-electron chi connectivity index (χ2n) is 3.80. The number of hydrogen-bond acceptors (Lipinski definition) is 4. The summed E-state index contributed by atoms with van der Waals surface area (Å²) in [4.78, 5) is 12.6. The lowest BCUT2D eigenvalue weighted by Gasteiger charge is -2.08. The summed E-state index contributed by atoms with van der Waals surface area (Å²) >= 11 is 0. The van der Waals surface area contributed by atoms with Crippen LogP contribution < -0.4 is 0 Å². The number of aromatic nitrogens is 4. The van der Waals surface area contributed by atoms with E-state index in [1.807, 2.05) is 18.5 Å². The van der Waals surface area contributed by atoms with Crippen molar-refractivity contribution in [2.75, 3.05) is 0 Å². The molecule has 5 heteroatoms. The molecule has 16 heavy (non-hydrogen) atoms. The zero-order valence-corrected chi connectivity index (χ0v) is 9.55. The van der Waals surface area contributed by atoms with Crippen molar-refractivity contribution in [3.05, 3.63) is 30.0 Å². The number of hydrogen-bond donors (Lipinski definition) is 1. The van der Waals surface area contributed by atoms with Crippen LogP contribution in [0.15, 0.2) is 18.7 Å². The van der Waals surface area contributed by atoms with Crippen LogP contribution in [0.4, 0.5) is 0 Å². The van der Waals surface area contributed by atoms with Gasteiger partial charge in [-0.3, -0.25) is 0 Å². The average Bonchev–Trinajstić information content (AvgIpc) is 2.63. The molecule has 0 saturated carbocycles. The molecule has 0 spiro atoms. The van der Waals surface area contributed by atoms with Crippen LogP contribution in [-0.4, -0.2) is 24.6 Å². The van der Waals surface area contributed by atoms with E-state index in [-0.39, 0.29) is 0 Å². The van der Waals surface area contributed by atoms with E-state index < -0.39 is 6.10 Å². The molecular formula is C11H14N4O. The molecule has 1 atom stereocenters. The highest BCUT2D eigenvalue weighted by Gasteiger charge is 2.10. The molecule has 2 heterocycles. The molecule has 0 aliphatic heterocycles. The molecule has 0 bridgehead atoms. The minimum Gasteiger partial charge on any atom is -0.389 e. The Hall–Kier alpha value is -1.75. The first-order valence-corrected chi connectivity index (χ1v) is 5.08. The van der Waals surface area contributed by atoms with Gasteiger partial charge >= 0.3 is 0 Å². The van der Waals surface area contributed by atoms with Crippen molar-refractivity contribution < 1.29 is 5.11 Å². The van der Waals surface area contributed by atoms with Crippen molar-refractivity contribution in [3.8, 4) is 11.5 Å². The fourth-order valence-electron chi connectivity index (χ4n) is 1.58. The maximum atomic E-state index is 9.48. The highest BCUT2D eigenvalue weighted by molar-refractivity contribution is 5.48. The van der Waals surface area contributed by atoms with Gasteiger partial charge in [0.05, 0.1) is 18.6 Å². The van der Waals surface area contributed by atoms with Gasteiger partial charge in [-0.25, -0.2) is 15.0 Å². The van der Waals surface area contributed by atoms with Gasteiger partial charge in [-0.15, -0.1) is 0 Å². The molecule has 5 nitrogen and oxygen atoms in total. The smallest absolute Gasteiger partial charge is 0.178 e. The second-order valence-corrected chi connectivity index (χ2v) is 3.80. The fraction of sp³-hybridized carbons (Fsp3) is 0.364. The van der Waals surface area contributed by atoms with E-state index in [1.54, 1.807) is 25.6 Å². The Morgan fingerprint density at radius 2 is 2.12 bits per heavy atom. The lowest BCUT2D eigenvalue weighted by atomic mass is 10.1. The highest BCUT2D eigenvalue weighted by Crippen LogP contribution is 2.18. The number of aryl methyl sites for hydroxylation is 2. The molecule has 0 amide bonds. The monoisotopic (exact) mass is 218 g/mol.